The summed E-state index contributed by atoms with van der Waals surface area (Å²) in [6.07, 6.45) is 2.30. The molecule has 1 saturated heterocycles. The highest BCUT2D eigenvalue weighted by atomic mass is 32.2. The summed E-state index contributed by atoms with van der Waals surface area (Å²) >= 11 is 0. The number of ether oxygens (including phenoxy) is 1. The van der Waals surface area contributed by atoms with Gasteiger partial charge < -0.3 is 15.4 Å². The number of anilines is 1. The van der Waals surface area contributed by atoms with Gasteiger partial charge >= 0.3 is 12.0 Å². The summed E-state index contributed by atoms with van der Waals surface area (Å²) in [6.45, 7) is 2.24. The van der Waals surface area contributed by atoms with Gasteiger partial charge in [0.1, 0.15) is 0 Å². The highest BCUT2D eigenvalue weighted by Crippen LogP contribution is 2.27. The molecule has 1 aliphatic rings. The second kappa shape index (κ2) is 9.93. The van der Waals surface area contributed by atoms with Crippen LogP contribution in [-0.2, 0) is 14.8 Å². The number of sulfonamides is 1. The van der Waals surface area contributed by atoms with Crippen molar-refractivity contribution in [2.45, 2.75) is 37.1 Å². The maximum absolute atomic E-state index is 13.4. The number of urea groups is 1. The summed E-state index contributed by atoms with van der Waals surface area (Å²) < 4.78 is 32.9. The Bertz CT molecular complexity index is 1040. The highest BCUT2D eigenvalue weighted by Gasteiger charge is 2.34. The normalized spacial score (nSPS) is 17.0. The van der Waals surface area contributed by atoms with Crippen molar-refractivity contribution in [2.75, 3.05) is 25.5 Å². The fraction of sp³-hybridized carbons (Fsp3) is 0.364. The van der Waals surface area contributed by atoms with Crippen molar-refractivity contribution in [3.63, 3.8) is 0 Å². The summed E-state index contributed by atoms with van der Waals surface area (Å²) in [6, 6.07) is 12.7. The molecule has 1 atom stereocenters. The molecule has 1 unspecified atom stereocenters. The number of aryl methyl sites for hydroxylation is 1. The van der Waals surface area contributed by atoms with E-state index in [2.05, 4.69) is 10.6 Å². The average molecular weight is 446 g/mol. The molecule has 2 aromatic carbocycles. The number of para-hydroxylation sites is 1. The Morgan fingerprint density at radius 3 is 2.55 bits per heavy atom. The molecule has 3 rings (SSSR count). The fourth-order valence-corrected chi connectivity index (χ4v) is 5.61. The van der Waals surface area contributed by atoms with E-state index in [0.717, 1.165) is 12.8 Å². The Kier molecular flexibility index (Phi) is 7.29. The molecule has 0 aliphatic carbocycles. The first-order chi connectivity index (χ1) is 14.8. The van der Waals surface area contributed by atoms with Crippen LogP contribution < -0.4 is 10.6 Å². The Hall–Kier alpha value is -2.91. The van der Waals surface area contributed by atoms with Crippen molar-refractivity contribution >= 4 is 27.7 Å². The molecule has 2 N–H and O–H groups in total. The van der Waals surface area contributed by atoms with Gasteiger partial charge in [0.05, 0.1) is 17.6 Å². The van der Waals surface area contributed by atoms with Gasteiger partial charge in [-0.1, -0.05) is 24.6 Å². The SMILES string of the molecule is COC(=O)c1ccc(S(=O)(=O)N2CCCCC2CNC(=O)Nc2ccccc2)c(C)c1. The maximum Gasteiger partial charge on any atom is 0.337 e. The van der Waals surface area contributed by atoms with Crippen LogP contribution in [-0.4, -0.2) is 51.0 Å². The molecule has 8 nitrogen and oxygen atoms in total. The molecular weight excluding hydrogens is 418 g/mol. The van der Waals surface area contributed by atoms with Gasteiger partial charge in [0.2, 0.25) is 10.0 Å². The van der Waals surface area contributed by atoms with E-state index in [1.165, 1.54) is 29.6 Å². The van der Waals surface area contributed by atoms with E-state index in [1.54, 1.807) is 19.1 Å². The maximum atomic E-state index is 13.4. The Morgan fingerprint density at radius 1 is 1.13 bits per heavy atom. The lowest BCUT2D eigenvalue weighted by Gasteiger charge is -2.35. The standard InChI is InChI=1S/C22H27N3O5S/c1-16-14-17(21(26)30-2)11-12-20(16)31(28,29)25-13-7-6-10-19(25)15-23-22(27)24-18-8-4-3-5-9-18/h3-5,8-9,11-12,14,19H,6-7,10,13,15H2,1-2H3,(H2,23,24,27). The number of nitrogens with zero attached hydrogens (tertiary/aromatic N) is 1. The first-order valence-electron chi connectivity index (χ1n) is 10.1. The number of carbonyl (C=O) groups excluding carboxylic acids is 2. The Morgan fingerprint density at radius 2 is 1.87 bits per heavy atom. The van der Waals surface area contributed by atoms with E-state index in [1.807, 2.05) is 18.2 Å². The summed E-state index contributed by atoms with van der Waals surface area (Å²) in [5, 5.41) is 5.52. The minimum absolute atomic E-state index is 0.154. The molecule has 0 saturated carbocycles. The van der Waals surface area contributed by atoms with Crippen molar-refractivity contribution < 1.29 is 22.7 Å². The van der Waals surface area contributed by atoms with Gasteiger partial charge in [0, 0.05) is 24.8 Å². The molecule has 2 amide bonds. The number of methoxy groups -OCH3 is 1. The zero-order valence-corrected chi connectivity index (χ0v) is 18.4. The van der Waals surface area contributed by atoms with Gasteiger partial charge in [-0.15, -0.1) is 0 Å². The monoisotopic (exact) mass is 445 g/mol. The van der Waals surface area contributed by atoms with Crippen molar-refractivity contribution in [3.8, 4) is 0 Å². The van der Waals surface area contributed by atoms with Crippen LogP contribution in [0, 0.1) is 6.92 Å². The number of hydrogen-bond donors (Lipinski definition) is 2. The van der Waals surface area contributed by atoms with Gasteiger partial charge in [-0.25, -0.2) is 18.0 Å². The molecule has 1 aliphatic heterocycles. The van der Waals surface area contributed by atoms with Crippen LogP contribution in [0.3, 0.4) is 0 Å². The van der Waals surface area contributed by atoms with E-state index in [9.17, 15) is 18.0 Å². The molecule has 31 heavy (non-hydrogen) atoms. The van der Waals surface area contributed by atoms with Gasteiger partial charge in [0.25, 0.3) is 0 Å². The zero-order valence-electron chi connectivity index (χ0n) is 17.6. The Balaban J connectivity index is 1.73. The van der Waals surface area contributed by atoms with Gasteiger partial charge in [0.15, 0.2) is 0 Å². The lowest BCUT2D eigenvalue weighted by atomic mass is 10.1. The molecule has 1 fully saturated rings. The van der Waals surface area contributed by atoms with Crippen molar-refractivity contribution in [1.29, 1.82) is 0 Å². The van der Waals surface area contributed by atoms with Gasteiger partial charge in [-0.3, -0.25) is 0 Å². The van der Waals surface area contributed by atoms with E-state index in [4.69, 9.17) is 4.74 Å². The number of nitrogens with one attached hydrogen (secondary N) is 2. The number of piperidine rings is 1. The second-order valence-corrected chi connectivity index (χ2v) is 9.30. The molecule has 0 spiro atoms. The number of rotatable bonds is 6. The largest absolute Gasteiger partial charge is 0.465 e. The van der Waals surface area contributed by atoms with Crippen LogP contribution in [0.4, 0.5) is 10.5 Å². The lowest BCUT2D eigenvalue weighted by Crippen LogP contribution is -2.50. The fourth-order valence-electron chi connectivity index (χ4n) is 3.71. The van der Waals surface area contributed by atoms with Crippen LogP contribution in [0.2, 0.25) is 0 Å². The number of amides is 2. The van der Waals surface area contributed by atoms with Crippen LogP contribution in [0.5, 0.6) is 0 Å². The number of esters is 1. The average Bonchev–Trinajstić information content (AvgIpc) is 2.77. The quantitative estimate of drug-likeness (QED) is 0.665. The summed E-state index contributed by atoms with van der Waals surface area (Å²) in [5.74, 6) is -0.517. The highest BCUT2D eigenvalue weighted by molar-refractivity contribution is 7.89. The minimum Gasteiger partial charge on any atom is -0.465 e. The number of benzene rings is 2. The molecule has 0 aromatic heterocycles. The molecule has 2 aromatic rings. The van der Waals surface area contributed by atoms with E-state index >= 15 is 0 Å². The van der Waals surface area contributed by atoms with Crippen molar-refractivity contribution in [2.24, 2.45) is 0 Å². The number of hydrogen-bond acceptors (Lipinski definition) is 5. The molecule has 166 valence electrons. The summed E-state index contributed by atoms with van der Waals surface area (Å²) in [7, 11) is -2.51. The molecule has 1 heterocycles. The van der Waals surface area contributed by atoms with Crippen LogP contribution in [0.25, 0.3) is 0 Å². The summed E-state index contributed by atoms with van der Waals surface area (Å²) in [4.78, 5) is 24.1. The smallest absolute Gasteiger partial charge is 0.337 e. The van der Waals surface area contributed by atoms with Crippen LogP contribution >= 0.6 is 0 Å². The predicted molar refractivity (Wildman–Crippen MR) is 118 cm³/mol. The minimum atomic E-state index is -3.79. The third-order valence-electron chi connectivity index (χ3n) is 5.29. The molecular formula is C22H27N3O5S. The first kappa shape index (κ1) is 22.8. The third kappa shape index (κ3) is 5.42. The predicted octanol–water partition coefficient (Wildman–Crippen LogP) is 3.15. The summed E-state index contributed by atoms with van der Waals surface area (Å²) in [5.41, 5.74) is 1.44. The zero-order chi connectivity index (χ0) is 22.4. The number of carbonyl (C=O) groups is 2. The topological polar surface area (TPSA) is 105 Å². The van der Waals surface area contributed by atoms with E-state index < -0.39 is 16.0 Å². The Labute approximate surface area is 182 Å². The van der Waals surface area contributed by atoms with Crippen molar-refractivity contribution in [3.05, 3.63) is 59.7 Å². The lowest BCUT2D eigenvalue weighted by molar-refractivity contribution is 0.0600. The van der Waals surface area contributed by atoms with E-state index in [-0.39, 0.29) is 23.5 Å². The van der Waals surface area contributed by atoms with Crippen molar-refractivity contribution in [1.82, 2.24) is 9.62 Å². The molecule has 0 radical (unpaired) electrons. The van der Waals surface area contributed by atoms with Gasteiger partial charge in [-0.05, 0) is 55.7 Å². The molecule has 0 bridgehead atoms. The second-order valence-electron chi connectivity index (χ2n) is 7.44. The van der Waals surface area contributed by atoms with Crippen LogP contribution in [0.1, 0.15) is 35.2 Å². The van der Waals surface area contributed by atoms with Crippen LogP contribution in [0.15, 0.2) is 53.4 Å². The molecule has 9 heteroatoms. The third-order valence-corrected chi connectivity index (χ3v) is 7.40. The van der Waals surface area contributed by atoms with Gasteiger partial charge in [-0.2, -0.15) is 4.31 Å². The van der Waals surface area contributed by atoms with E-state index in [0.29, 0.717) is 29.8 Å². The first-order valence-corrected chi connectivity index (χ1v) is 11.6.